The van der Waals surface area contributed by atoms with E-state index < -0.39 is 5.41 Å². The lowest BCUT2D eigenvalue weighted by Crippen LogP contribution is -2.28. The number of nitrogens with zero attached hydrogens (tertiary/aromatic N) is 1. The lowest BCUT2D eigenvalue weighted by Gasteiger charge is -2.34. The molecule has 2 aliphatic carbocycles. The molecule has 65 heavy (non-hydrogen) atoms. The lowest BCUT2D eigenvalue weighted by molar-refractivity contribution is 0.737. The topological polar surface area (TPSA) is 3.24 Å². The summed E-state index contributed by atoms with van der Waals surface area (Å²) >= 11 is 0. The van der Waals surface area contributed by atoms with Gasteiger partial charge < -0.3 is 4.90 Å². The van der Waals surface area contributed by atoms with Crippen LogP contribution in [-0.2, 0) is 5.41 Å². The minimum absolute atomic E-state index is 0.404. The summed E-state index contributed by atoms with van der Waals surface area (Å²) in [5.74, 6) is 0.769. The average Bonchev–Trinajstić information content (AvgIpc) is 3.67. The summed E-state index contributed by atoms with van der Waals surface area (Å²) in [5.41, 5.74) is 15.7. The molecule has 0 aromatic heterocycles. The van der Waals surface area contributed by atoms with Gasteiger partial charge in [0.1, 0.15) is 0 Å². The number of anilines is 3. The molecule has 9 aromatic carbocycles. The quantitative estimate of drug-likeness (QED) is 0.161. The molecule has 0 aliphatic heterocycles. The van der Waals surface area contributed by atoms with Crippen LogP contribution in [0.4, 0.5) is 17.1 Å². The zero-order valence-corrected chi connectivity index (χ0v) is 38.4. The number of fused-ring (bicyclic) bond motifs is 4. The van der Waals surface area contributed by atoms with Gasteiger partial charge in [-0.1, -0.05) is 244 Å². The Kier molecular flexibility index (Phi) is 14.1. The molecule has 0 radical (unpaired) electrons. The van der Waals surface area contributed by atoms with Gasteiger partial charge in [-0.25, -0.2) is 0 Å². The first-order valence-corrected chi connectivity index (χ1v) is 23.2. The van der Waals surface area contributed by atoms with Crippen molar-refractivity contribution < 1.29 is 0 Å². The van der Waals surface area contributed by atoms with E-state index in [1.54, 1.807) is 0 Å². The summed E-state index contributed by atoms with van der Waals surface area (Å²) in [4.78, 5) is 2.38. The summed E-state index contributed by atoms with van der Waals surface area (Å²) in [6.45, 7) is 10.5. The molecule has 0 heterocycles. The van der Waals surface area contributed by atoms with Crippen LogP contribution in [0, 0.1) is 19.8 Å². The molecule has 0 spiro atoms. The highest BCUT2D eigenvalue weighted by atomic mass is 15.1. The zero-order chi connectivity index (χ0) is 45.0. The van der Waals surface area contributed by atoms with Gasteiger partial charge in [0.15, 0.2) is 0 Å². The van der Waals surface area contributed by atoms with Gasteiger partial charge in [-0.05, 0) is 118 Å². The summed E-state index contributed by atoms with van der Waals surface area (Å²) in [6, 6.07) is 81.2. The summed E-state index contributed by atoms with van der Waals surface area (Å²) in [7, 11) is 0. The first-order valence-electron chi connectivity index (χ1n) is 23.2. The molecule has 0 saturated carbocycles. The molecule has 0 N–H and O–H groups in total. The van der Waals surface area contributed by atoms with Crippen LogP contribution in [-0.4, -0.2) is 0 Å². The molecule has 1 heteroatoms. The third-order valence-electron chi connectivity index (χ3n) is 12.3. The maximum Gasteiger partial charge on any atom is 0.0713 e. The monoisotopic (exact) mass is 841 g/mol. The first-order chi connectivity index (χ1) is 32.0. The average molecular weight is 842 g/mol. The largest absolute Gasteiger partial charge is 0.310 e. The van der Waals surface area contributed by atoms with E-state index in [1.807, 2.05) is 13.8 Å². The maximum atomic E-state index is 2.40. The molecule has 320 valence electrons. The van der Waals surface area contributed by atoms with Gasteiger partial charge in [0.05, 0.1) is 5.41 Å². The van der Waals surface area contributed by atoms with Gasteiger partial charge in [-0.2, -0.15) is 0 Å². The van der Waals surface area contributed by atoms with Crippen molar-refractivity contribution in [2.45, 2.75) is 46.5 Å². The maximum absolute atomic E-state index is 2.40. The highest BCUT2D eigenvalue weighted by Gasteiger charge is 2.46. The van der Waals surface area contributed by atoms with Crippen molar-refractivity contribution in [2.75, 3.05) is 4.90 Å². The van der Waals surface area contributed by atoms with E-state index in [2.05, 4.69) is 274 Å². The molecular weight excluding hydrogens is 783 g/mol. The Balaban J connectivity index is 0.000000237. The van der Waals surface area contributed by atoms with Crippen molar-refractivity contribution in [1.29, 1.82) is 0 Å². The van der Waals surface area contributed by atoms with Crippen molar-refractivity contribution >= 4 is 27.8 Å². The van der Waals surface area contributed by atoms with E-state index in [-0.39, 0.29) is 0 Å². The second-order valence-electron chi connectivity index (χ2n) is 16.7. The molecule has 11 rings (SSSR count). The smallest absolute Gasteiger partial charge is 0.0713 e. The molecule has 1 atom stereocenters. The van der Waals surface area contributed by atoms with Crippen LogP contribution in [0.1, 0.15) is 60.6 Å². The number of hydrogen-bond acceptors (Lipinski definition) is 1. The van der Waals surface area contributed by atoms with Crippen LogP contribution in [0.5, 0.6) is 0 Å². The van der Waals surface area contributed by atoms with Crippen LogP contribution in [0.3, 0.4) is 0 Å². The Morgan fingerprint density at radius 3 is 1.52 bits per heavy atom. The Labute approximate surface area is 387 Å². The standard InChI is InChI=1S/C44H33N.C11H10.C7H10.C2H6/c1-32-21-25-37(26-22-32)45(38-27-23-34(24-28-38)33-13-5-2-6-14-33)39-29-30-43-41(31-39)40-19-11-12-20-42(40)44(43,35-15-7-3-8-16-35)36-17-9-4-10-18-36;1-9-6-7-10-4-2-3-5-11(10)8-9;1-7-5-3-2-4-6-7;1-2/h2-31H,1H3;2-8H,1H3;2-5,7H,6H2,1H3;1-2H3. The molecule has 0 bridgehead atoms. The van der Waals surface area contributed by atoms with Crippen LogP contribution >= 0.6 is 0 Å². The normalized spacial score (nSPS) is 13.7. The molecule has 0 saturated heterocycles. The van der Waals surface area contributed by atoms with Gasteiger partial charge in [-0.3, -0.25) is 0 Å². The number of allylic oxidation sites excluding steroid dienone is 4. The van der Waals surface area contributed by atoms with E-state index in [9.17, 15) is 0 Å². The number of rotatable bonds is 6. The Bertz CT molecular complexity index is 2940. The first kappa shape index (κ1) is 44.1. The van der Waals surface area contributed by atoms with E-state index in [0.717, 1.165) is 23.0 Å². The van der Waals surface area contributed by atoms with Crippen molar-refractivity contribution in [1.82, 2.24) is 0 Å². The second kappa shape index (κ2) is 20.8. The molecular formula is C64H59N. The number of benzene rings is 9. The fraction of sp³-hybridized carbons (Fsp3) is 0.125. The molecule has 0 fully saturated rings. The van der Waals surface area contributed by atoms with E-state index in [1.165, 1.54) is 72.8 Å². The predicted octanol–water partition coefficient (Wildman–Crippen LogP) is 17.8. The van der Waals surface area contributed by atoms with E-state index in [4.69, 9.17) is 0 Å². The fourth-order valence-electron chi connectivity index (χ4n) is 9.16. The lowest BCUT2D eigenvalue weighted by atomic mass is 9.68. The van der Waals surface area contributed by atoms with Crippen LogP contribution in [0.25, 0.3) is 33.0 Å². The third-order valence-corrected chi connectivity index (χ3v) is 12.3. The van der Waals surface area contributed by atoms with E-state index in [0.29, 0.717) is 0 Å². The number of hydrogen-bond donors (Lipinski definition) is 0. The van der Waals surface area contributed by atoms with Gasteiger partial charge in [0.2, 0.25) is 0 Å². The minimum atomic E-state index is -0.404. The summed E-state index contributed by atoms with van der Waals surface area (Å²) < 4.78 is 0. The van der Waals surface area contributed by atoms with Crippen molar-refractivity contribution in [2.24, 2.45) is 5.92 Å². The van der Waals surface area contributed by atoms with Gasteiger partial charge in [0.25, 0.3) is 0 Å². The molecule has 1 unspecified atom stereocenters. The van der Waals surface area contributed by atoms with Crippen molar-refractivity contribution in [3.63, 3.8) is 0 Å². The SMILES string of the molecule is CC.CC1C=CC=CC1.Cc1ccc(N(c2ccc(-c3ccccc3)cc2)c2ccc3c(c2)-c2ccccc2C3(c2ccccc2)c2ccccc2)cc1.Cc1ccc2ccccc2c1. The third kappa shape index (κ3) is 9.57. The van der Waals surface area contributed by atoms with Gasteiger partial charge in [-0.15, -0.1) is 0 Å². The molecule has 9 aromatic rings. The second-order valence-corrected chi connectivity index (χ2v) is 16.7. The van der Waals surface area contributed by atoms with Crippen LogP contribution in [0.15, 0.2) is 249 Å². The fourth-order valence-corrected chi connectivity index (χ4v) is 9.16. The van der Waals surface area contributed by atoms with Crippen molar-refractivity contribution in [3.8, 4) is 22.3 Å². The Hall–Kier alpha value is -7.48. The van der Waals surface area contributed by atoms with Gasteiger partial charge in [0, 0.05) is 17.1 Å². The molecule has 2 aliphatic rings. The predicted molar refractivity (Wildman–Crippen MR) is 281 cm³/mol. The highest BCUT2D eigenvalue weighted by molar-refractivity contribution is 5.90. The van der Waals surface area contributed by atoms with E-state index >= 15 is 0 Å². The van der Waals surface area contributed by atoms with Gasteiger partial charge >= 0.3 is 0 Å². The molecule has 1 nitrogen and oxygen atoms in total. The Morgan fingerprint density at radius 2 is 0.923 bits per heavy atom. The highest BCUT2D eigenvalue weighted by Crippen LogP contribution is 2.57. The van der Waals surface area contributed by atoms with Crippen LogP contribution < -0.4 is 4.90 Å². The minimum Gasteiger partial charge on any atom is -0.310 e. The molecule has 0 amide bonds. The van der Waals surface area contributed by atoms with Crippen LogP contribution in [0.2, 0.25) is 0 Å². The Morgan fingerprint density at radius 1 is 0.415 bits per heavy atom. The number of aryl methyl sites for hydroxylation is 2. The summed E-state index contributed by atoms with van der Waals surface area (Å²) in [6.07, 6.45) is 9.84. The van der Waals surface area contributed by atoms with Crippen molar-refractivity contribution in [3.05, 3.63) is 282 Å². The zero-order valence-electron chi connectivity index (χ0n) is 38.4. The summed E-state index contributed by atoms with van der Waals surface area (Å²) in [5, 5.41) is 2.64.